The van der Waals surface area contributed by atoms with Crippen LogP contribution in [-0.2, 0) is 9.53 Å². The zero-order valence-electron chi connectivity index (χ0n) is 8.86. The van der Waals surface area contributed by atoms with Gasteiger partial charge in [-0.3, -0.25) is 4.79 Å². The van der Waals surface area contributed by atoms with Gasteiger partial charge in [0.05, 0.1) is 7.11 Å². The number of carbonyl (C=O) groups excluding carboxylic acids is 2. The molecule has 5 nitrogen and oxygen atoms in total. The third-order valence-corrected chi connectivity index (χ3v) is 1.60. The standard InChI is InChI=1S/C8H7ClO3.C2H5NO/c1-12-8(11)6-4-5(9)2-3-7(6)10;1-2(3)4/h2-4,10H,1H3;1H3,(H2,3,4). The fourth-order valence-electron chi connectivity index (χ4n) is 0.782. The molecule has 0 radical (unpaired) electrons. The number of halogens is 1. The average Bonchev–Trinajstić information content (AvgIpc) is 2.20. The number of esters is 1. The van der Waals surface area contributed by atoms with Crippen molar-refractivity contribution in [1.82, 2.24) is 0 Å². The molecule has 0 saturated carbocycles. The van der Waals surface area contributed by atoms with Gasteiger partial charge in [0.2, 0.25) is 5.91 Å². The predicted molar refractivity (Wildman–Crippen MR) is 59.3 cm³/mol. The first-order valence-electron chi connectivity index (χ1n) is 4.21. The molecule has 1 rings (SSSR count). The van der Waals surface area contributed by atoms with Crippen molar-refractivity contribution in [2.75, 3.05) is 7.11 Å². The molecule has 0 spiro atoms. The van der Waals surface area contributed by atoms with Gasteiger partial charge in [0.1, 0.15) is 11.3 Å². The molecule has 88 valence electrons. The number of phenolic OH excluding ortho intramolecular Hbond substituents is 1. The molecule has 3 N–H and O–H groups in total. The fourth-order valence-corrected chi connectivity index (χ4v) is 0.954. The lowest BCUT2D eigenvalue weighted by molar-refractivity contribution is -0.115. The van der Waals surface area contributed by atoms with Gasteiger partial charge in [-0.1, -0.05) is 11.6 Å². The van der Waals surface area contributed by atoms with E-state index in [0.717, 1.165) is 0 Å². The average molecular weight is 246 g/mol. The van der Waals surface area contributed by atoms with E-state index < -0.39 is 5.97 Å². The summed E-state index contributed by atoms with van der Waals surface area (Å²) in [6.07, 6.45) is 0. The Morgan fingerprint density at radius 3 is 2.38 bits per heavy atom. The summed E-state index contributed by atoms with van der Waals surface area (Å²) in [5.74, 6) is -1.07. The number of methoxy groups -OCH3 is 1. The molecule has 1 amide bonds. The summed E-state index contributed by atoms with van der Waals surface area (Å²) in [6, 6.07) is 4.18. The molecular weight excluding hydrogens is 234 g/mol. The van der Waals surface area contributed by atoms with Crippen molar-refractivity contribution < 1.29 is 19.4 Å². The smallest absolute Gasteiger partial charge is 0.341 e. The molecule has 0 aliphatic heterocycles. The Bertz CT molecular complexity index is 388. The van der Waals surface area contributed by atoms with E-state index in [1.165, 1.54) is 32.2 Å². The van der Waals surface area contributed by atoms with Crippen LogP contribution in [0.1, 0.15) is 17.3 Å². The number of ether oxygens (including phenoxy) is 1. The summed E-state index contributed by atoms with van der Waals surface area (Å²) in [7, 11) is 1.24. The van der Waals surface area contributed by atoms with Crippen LogP contribution in [0.4, 0.5) is 0 Å². The predicted octanol–water partition coefficient (Wildman–Crippen LogP) is 1.32. The van der Waals surface area contributed by atoms with Crippen LogP contribution in [-0.4, -0.2) is 24.1 Å². The van der Waals surface area contributed by atoms with Gasteiger partial charge in [-0.15, -0.1) is 0 Å². The minimum absolute atomic E-state index is 0.0741. The SMILES string of the molecule is CC(N)=O.COC(=O)c1cc(Cl)ccc1O. The van der Waals surface area contributed by atoms with Crippen LogP contribution in [0.15, 0.2) is 18.2 Å². The second-order valence-electron chi connectivity index (χ2n) is 2.76. The summed E-state index contributed by atoms with van der Waals surface area (Å²) in [6.45, 7) is 1.31. The van der Waals surface area contributed by atoms with Crippen LogP contribution in [0.5, 0.6) is 5.75 Å². The highest BCUT2D eigenvalue weighted by molar-refractivity contribution is 6.31. The molecule has 0 unspecified atom stereocenters. The number of rotatable bonds is 1. The van der Waals surface area contributed by atoms with Gasteiger partial charge in [0, 0.05) is 11.9 Å². The van der Waals surface area contributed by atoms with Crippen LogP contribution < -0.4 is 5.73 Å². The van der Waals surface area contributed by atoms with Crippen molar-refractivity contribution >= 4 is 23.5 Å². The molecule has 0 heterocycles. The van der Waals surface area contributed by atoms with Gasteiger partial charge in [-0.25, -0.2) is 4.79 Å². The summed E-state index contributed by atoms with van der Waals surface area (Å²) >= 11 is 5.60. The fraction of sp³-hybridized carbons (Fsp3) is 0.200. The second kappa shape index (κ2) is 6.68. The highest BCUT2D eigenvalue weighted by Gasteiger charge is 2.10. The maximum atomic E-state index is 10.9. The van der Waals surface area contributed by atoms with E-state index in [2.05, 4.69) is 10.5 Å². The Hall–Kier alpha value is -1.75. The van der Waals surface area contributed by atoms with Gasteiger partial charge >= 0.3 is 5.97 Å². The quantitative estimate of drug-likeness (QED) is 0.731. The lowest BCUT2D eigenvalue weighted by Gasteiger charge is -2.01. The van der Waals surface area contributed by atoms with Gasteiger partial charge < -0.3 is 15.6 Å². The molecule has 0 atom stereocenters. The van der Waals surface area contributed by atoms with Crippen LogP contribution >= 0.6 is 11.6 Å². The molecular formula is C10H12ClNO4. The first-order valence-corrected chi connectivity index (χ1v) is 4.59. The van der Waals surface area contributed by atoms with Gasteiger partial charge in [-0.2, -0.15) is 0 Å². The molecule has 0 aliphatic rings. The number of benzene rings is 1. The summed E-state index contributed by atoms with van der Waals surface area (Å²) in [4.78, 5) is 20.2. The van der Waals surface area contributed by atoms with Crippen LogP contribution in [0.2, 0.25) is 5.02 Å². The van der Waals surface area contributed by atoms with E-state index in [9.17, 15) is 14.7 Å². The van der Waals surface area contributed by atoms with Crippen molar-refractivity contribution in [3.05, 3.63) is 28.8 Å². The largest absolute Gasteiger partial charge is 0.507 e. The highest BCUT2D eigenvalue weighted by atomic mass is 35.5. The first-order chi connectivity index (χ1) is 7.38. The van der Waals surface area contributed by atoms with Crippen molar-refractivity contribution in [3.63, 3.8) is 0 Å². The first kappa shape index (κ1) is 14.2. The number of phenols is 1. The Kier molecular flexibility index (Phi) is 5.95. The van der Waals surface area contributed by atoms with Crippen molar-refractivity contribution in [3.8, 4) is 5.75 Å². The summed E-state index contributed by atoms with van der Waals surface area (Å²) in [5, 5.41) is 9.56. The van der Waals surface area contributed by atoms with Crippen LogP contribution in [0.3, 0.4) is 0 Å². The normalized spacial score (nSPS) is 8.69. The molecule has 16 heavy (non-hydrogen) atoms. The number of hydrogen-bond acceptors (Lipinski definition) is 4. The maximum Gasteiger partial charge on any atom is 0.341 e. The maximum absolute atomic E-state index is 10.9. The summed E-state index contributed by atoms with van der Waals surface area (Å²) in [5.41, 5.74) is 4.55. The Morgan fingerprint density at radius 1 is 1.44 bits per heavy atom. The zero-order chi connectivity index (χ0) is 12.7. The summed E-state index contributed by atoms with van der Waals surface area (Å²) < 4.78 is 4.41. The number of hydrogen-bond donors (Lipinski definition) is 2. The minimum atomic E-state index is -0.602. The zero-order valence-corrected chi connectivity index (χ0v) is 9.62. The number of aromatic hydroxyl groups is 1. The number of carbonyl (C=O) groups is 2. The highest BCUT2D eigenvalue weighted by Crippen LogP contribution is 2.21. The molecule has 6 heteroatoms. The Labute approximate surface area is 97.8 Å². The monoisotopic (exact) mass is 245 g/mol. The molecule has 1 aromatic rings. The third-order valence-electron chi connectivity index (χ3n) is 1.36. The van der Waals surface area contributed by atoms with Crippen molar-refractivity contribution in [2.45, 2.75) is 6.92 Å². The van der Waals surface area contributed by atoms with Crippen molar-refractivity contribution in [1.29, 1.82) is 0 Å². The lowest BCUT2D eigenvalue weighted by Crippen LogP contribution is -2.01. The van der Waals surface area contributed by atoms with E-state index in [1.807, 2.05) is 0 Å². The number of primary amides is 1. The van der Waals surface area contributed by atoms with E-state index >= 15 is 0 Å². The topological polar surface area (TPSA) is 89.6 Å². The van der Waals surface area contributed by atoms with Gasteiger partial charge in [-0.05, 0) is 18.2 Å². The van der Waals surface area contributed by atoms with E-state index in [4.69, 9.17) is 11.6 Å². The third kappa shape index (κ3) is 5.21. The van der Waals surface area contributed by atoms with E-state index in [0.29, 0.717) is 5.02 Å². The minimum Gasteiger partial charge on any atom is -0.507 e. The van der Waals surface area contributed by atoms with Crippen molar-refractivity contribution in [2.24, 2.45) is 5.73 Å². The molecule has 0 aromatic heterocycles. The molecule has 0 bridgehead atoms. The number of amides is 1. The molecule has 0 aliphatic carbocycles. The number of nitrogens with two attached hydrogens (primary N) is 1. The van der Waals surface area contributed by atoms with Crippen LogP contribution in [0.25, 0.3) is 0 Å². The van der Waals surface area contributed by atoms with E-state index in [1.54, 1.807) is 0 Å². The second-order valence-corrected chi connectivity index (χ2v) is 3.20. The van der Waals surface area contributed by atoms with E-state index in [-0.39, 0.29) is 17.2 Å². The molecule has 0 saturated heterocycles. The lowest BCUT2D eigenvalue weighted by atomic mass is 10.2. The Morgan fingerprint density at radius 2 is 1.94 bits per heavy atom. The van der Waals surface area contributed by atoms with Gasteiger partial charge in [0.25, 0.3) is 0 Å². The van der Waals surface area contributed by atoms with Gasteiger partial charge in [0.15, 0.2) is 0 Å². The molecule has 0 fully saturated rings. The molecule has 1 aromatic carbocycles. The van der Waals surface area contributed by atoms with Crippen LogP contribution in [0, 0.1) is 0 Å². The Balaban J connectivity index is 0.000000487.